The normalized spacial score (nSPS) is 20.4. The summed E-state index contributed by atoms with van der Waals surface area (Å²) in [6.07, 6.45) is 1.54. The van der Waals surface area contributed by atoms with Crippen molar-refractivity contribution in [2.24, 2.45) is 5.92 Å². The number of rotatable bonds is 5. The summed E-state index contributed by atoms with van der Waals surface area (Å²) < 4.78 is 0. The first-order valence-electron chi connectivity index (χ1n) is 7.74. The van der Waals surface area contributed by atoms with Gasteiger partial charge in [-0.25, -0.2) is 0 Å². The fraction of sp³-hybridized carbons (Fsp3) is 0.529. The molecule has 0 saturated carbocycles. The number of likely N-dealkylation sites (tertiary alicyclic amines) is 1. The van der Waals surface area contributed by atoms with E-state index in [9.17, 15) is 9.59 Å². The molecule has 1 fully saturated rings. The molecule has 0 aromatic heterocycles. The molecule has 0 spiro atoms. The molecule has 1 N–H and O–H groups in total. The fourth-order valence-electron chi connectivity index (χ4n) is 2.87. The molecule has 2 atom stereocenters. The van der Waals surface area contributed by atoms with Gasteiger partial charge in [-0.1, -0.05) is 30.3 Å². The van der Waals surface area contributed by atoms with Gasteiger partial charge >= 0.3 is 5.97 Å². The van der Waals surface area contributed by atoms with E-state index in [1.54, 1.807) is 11.9 Å². The van der Waals surface area contributed by atoms with Crippen LogP contribution in [0.5, 0.6) is 0 Å². The maximum absolute atomic E-state index is 12.4. The number of benzene rings is 1. The Morgan fingerprint density at radius 3 is 2.68 bits per heavy atom. The van der Waals surface area contributed by atoms with E-state index in [0.29, 0.717) is 13.0 Å². The van der Waals surface area contributed by atoms with Gasteiger partial charge in [-0.15, -0.1) is 0 Å². The lowest BCUT2D eigenvalue weighted by atomic mass is 9.98. The summed E-state index contributed by atoms with van der Waals surface area (Å²) >= 11 is 0. The molecule has 1 amide bonds. The topological polar surface area (TPSA) is 60.9 Å². The van der Waals surface area contributed by atoms with Crippen LogP contribution >= 0.6 is 0 Å². The van der Waals surface area contributed by atoms with Crippen molar-refractivity contribution in [2.75, 3.05) is 26.7 Å². The molecular weight excluding hydrogens is 280 g/mol. The second-order valence-corrected chi connectivity index (χ2v) is 6.00. The van der Waals surface area contributed by atoms with Crippen LogP contribution in [0.3, 0.4) is 0 Å². The highest BCUT2D eigenvalue weighted by molar-refractivity contribution is 5.78. The first-order valence-corrected chi connectivity index (χ1v) is 7.74. The maximum atomic E-state index is 12.4. The highest BCUT2D eigenvalue weighted by Crippen LogP contribution is 2.20. The smallest absolute Gasteiger partial charge is 0.307 e. The third kappa shape index (κ3) is 4.07. The second kappa shape index (κ2) is 7.40. The van der Waals surface area contributed by atoms with Gasteiger partial charge in [0.1, 0.15) is 0 Å². The highest BCUT2D eigenvalue weighted by Gasteiger charge is 2.27. The molecule has 1 saturated heterocycles. The van der Waals surface area contributed by atoms with Crippen molar-refractivity contribution in [1.29, 1.82) is 0 Å². The Morgan fingerprint density at radius 1 is 1.36 bits per heavy atom. The molecule has 2 unspecified atom stereocenters. The van der Waals surface area contributed by atoms with Crippen LogP contribution < -0.4 is 0 Å². The van der Waals surface area contributed by atoms with E-state index in [1.165, 1.54) is 0 Å². The third-order valence-electron chi connectivity index (χ3n) is 4.47. The maximum Gasteiger partial charge on any atom is 0.307 e. The standard InChI is InChI=1S/C17H24N2O3/c1-13(14-7-4-3-5-8-14)18(2)16(20)12-19-10-6-9-15(11-19)17(21)22/h3-5,7-8,13,15H,6,9-12H2,1-2H3,(H,21,22). The highest BCUT2D eigenvalue weighted by atomic mass is 16.4. The summed E-state index contributed by atoms with van der Waals surface area (Å²) in [5, 5.41) is 9.11. The van der Waals surface area contributed by atoms with Gasteiger partial charge in [-0.3, -0.25) is 14.5 Å². The lowest BCUT2D eigenvalue weighted by Gasteiger charge is -2.33. The Balaban J connectivity index is 1.92. The SMILES string of the molecule is CC(c1ccccc1)N(C)C(=O)CN1CCCC(C(=O)O)C1. The van der Waals surface area contributed by atoms with Gasteiger partial charge in [0, 0.05) is 13.6 Å². The van der Waals surface area contributed by atoms with Gasteiger partial charge in [-0.05, 0) is 31.9 Å². The number of carbonyl (C=O) groups is 2. The summed E-state index contributed by atoms with van der Waals surface area (Å²) in [6, 6.07) is 9.91. The number of amides is 1. The van der Waals surface area contributed by atoms with Gasteiger partial charge < -0.3 is 10.0 Å². The Kier molecular flexibility index (Phi) is 5.55. The number of carbonyl (C=O) groups excluding carboxylic acids is 1. The Hall–Kier alpha value is -1.88. The summed E-state index contributed by atoms with van der Waals surface area (Å²) in [5.74, 6) is -1.08. The van der Waals surface area contributed by atoms with Crippen LogP contribution in [0.15, 0.2) is 30.3 Å². The van der Waals surface area contributed by atoms with Crippen molar-refractivity contribution in [3.05, 3.63) is 35.9 Å². The molecular formula is C17H24N2O3. The average Bonchev–Trinajstić information content (AvgIpc) is 2.54. The van der Waals surface area contributed by atoms with Crippen LogP contribution in [0.1, 0.15) is 31.4 Å². The van der Waals surface area contributed by atoms with Gasteiger partial charge in [0.25, 0.3) is 0 Å². The molecule has 1 heterocycles. The minimum atomic E-state index is -0.761. The molecule has 5 nitrogen and oxygen atoms in total. The molecule has 22 heavy (non-hydrogen) atoms. The zero-order chi connectivity index (χ0) is 16.1. The fourth-order valence-corrected chi connectivity index (χ4v) is 2.87. The van der Waals surface area contributed by atoms with E-state index in [-0.39, 0.29) is 24.4 Å². The first kappa shape index (κ1) is 16.5. The van der Waals surface area contributed by atoms with E-state index in [1.807, 2.05) is 42.2 Å². The van der Waals surface area contributed by atoms with Crippen molar-refractivity contribution < 1.29 is 14.7 Å². The molecule has 1 aromatic rings. The van der Waals surface area contributed by atoms with E-state index in [0.717, 1.165) is 18.5 Å². The quantitative estimate of drug-likeness (QED) is 0.904. The summed E-state index contributed by atoms with van der Waals surface area (Å²) in [7, 11) is 1.80. The molecule has 1 aromatic carbocycles. The summed E-state index contributed by atoms with van der Waals surface area (Å²) in [6.45, 7) is 3.55. The average molecular weight is 304 g/mol. The monoisotopic (exact) mass is 304 g/mol. The van der Waals surface area contributed by atoms with Crippen LogP contribution in [-0.4, -0.2) is 53.5 Å². The van der Waals surface area contributed by atoms with Crippen molar-refractivity contribution in [3.63, 3.8) is 0 Å². The van der Waals surface area contributed by atoms with Crippen LogP contribution in [0.4, 0.5) is 0 Å². The molecule has 1 aliphatic heterocycles. The van der Waals surface area contributed by atoms with Crippen LogP contribution in [-0.2, 0) is 9.59 Å². The third-order valence-corrected chi connectivity index (χ3v) is 4.47. The lowest BCUT2D eigenvalue weighted by Crippen LogP contribution is -2.45. The zero-order valence-electron chi connectivity index (χ0n) is 13.2. The number of hydrogen-bond acceptors (Lipinski definition) is 3. The second-order valence-electron chi connectivity index (χ2n) is 6.00. The number of aliphatic carboxylic acids is 1. The van der Waals surface area contributed by atoms with E-state index in [2.05, 4.69) is 0 Å². The molecule has 5 heteroatoms. The predicted octanol–water partition coefficient (Wildman–Crippen LogP) is 2.00. The first-order chi connectivity index (χ1) is 10.5. The number of nitrogens with zero attached hydrogens (tertiary/aromatic N) is 2. The van der Waals surface area contributed by atoms with Crippen molar-refractivity contribution >= 4 is 11.9 Å². The Bertz CT molecular complexity index is 518. The van der Waals surface area contributed by atoms with E-state index in [4.69, 9.17) is 5.11 Å². The number of carboxylic acids is 1. The molecule has 120 valence electrons. The number of piperidine rings is 1. The number of likely N-dealkylation sites (N-methyl/N-ethyl adjacent to an activating group) is 1. The van der Waals surface area contributed by atoms with Crippen molar-refractivity contribution in [2.45, 2.75) is 25.8 Å². The summed E-state index contributed by atoms with van der Waals surface area (Å²) in [4.78, 5) is 27.2. The van der Waals surface area contributed by atoms with E-state index < -0.39 is 5.97 Å². The Labute approximate surface area is 131 Å². The number of hydrogen-bond donors (Lipinski definition) is 1. The zero-order valence-corrected chi connectivity index (χ0v) is 13.2. The van der Waals surface area contributed by atoms with Gasteiger partial charge in [0.05, 0.1) is 18.5 Å². The Morgan fingerprint density at radius 2 is 2.05 bits per heavy atom. The molecule has 0 bridgehead atoms. The van der Waals surface area contributed by atoms with Crippen LogP contribution in [0.2, 0.25) is 0 Å². The molecule has 0 aliphatic carbocycles. The van der Waals surface area contributed by atoms with Crippen molar-refractivity contribution in [1.82, 2.24) is 9.80 Å². The summed E-state index contributed by atoms with van der Waals surface area (Å²) in [5.41, 5.74) is 1.10. The van der Waals surface area contributed by atoms with Gasteiger partial charge in [-0.2, -0.15) is 0 Å². The predicted molar refractivity (Wildman–Crippen MR) is 84.4 cm³/mol. The lowest BCUT2D eigenvalue weighted by molar-refractivity contribution is -0.145. The van der Waals surface area contributed by atoms with Crippen LogP contribution in [0.25, 0.3) is 0 Å². The minimum Gasteiger partial charge on any atom is -0.481 e. The van der Waals surface area contributed by atoms with E-state index >= 15 is 0 Å². The van der Waals surface area contributed by atoms with Crippen molar-refractivity contribution in [3.8, 4) is 0 Å². The van der Waals surface area contributed by atoms with Gasteiger partial charge in [0.2, 0.25) is 5.91 Å². The molecule has 2 rings (SSSR count). The van der Waals surface area contributed by atoms with Crippen LogP contribution in [0, 0.1) is 5.92 Å². The molecule has 1 aliphatic rings. The number of carboxylic acid groups (broad SMARTS) is 1. The largest absolute Gasteiger partial charge is 0.481 e. The van der Waals surface area contributed by atoms with Gasteiger partial charge in [0.15, 0.2) is 0 Å². The molecule has 0 radical (unpaired) electrons. The minimum absolute atomic E-state index is 0.00811.